The molecule has 0 spiro atoms. The smallest absolute Gasteiger partial charge is 0.238 e. The maximum atomic E-state index is 12.4. The average molecular weight is 396 g/mol. The zero-order valence-corrected chi connectivity index (χ0v) is 16.0. The number of anilines is 2. The van der Waals surface area contributed by atoms with Crippen LogP contribution < -0.4 is 10.6 Å². The number of benzene rings is 2. The summed E-state index contributed by atoms with van der Waals surface area (Å²) >= 11 is 2.88. The van der Waals surface area contributed by atoms with Gasteiger partial charge in [-0.15, -0.1) is 23.1 Å². The minimum atomic E-state index is -0.441. The highest BCUT2D eigenvalue weighted by molar-refractivity contribution is 8.01. The van der Waals surface area contributed by atoms with Gasteiger partial charge < -0.3 is 10.6 Å². The Morgan fingerprint density at radius 2 is 1.89 bits per heavy atom. The maximum Gasteiger partial charge on any atom is 0.238 e. The topological polar surface area (TPSA) is 71.1 Å². The third kappa shape index (κ3) is 4.37. The molecule has 2 heterocycles. The third-order valence-electron chi connectivity index (χ3n) is 4.10. The Balaban J connectivity index is 1.35. The fraction of sp³-hybridized carbons (Fsp3) is 0.150. The number of para-hydroxylation sites is 1. The number of hydrogen-bond acceptors (Lipinski definition) is 5. The van der Waals surface area contributed by atoms with Crippen LogP contribution in [0.3, 0.4) is 0 Å². The zero-order valence-electron chi connectivity index (χ0n) is 14.3. The zero-order chi connectivity index (χ0) is 18.6. The van der Waals surface area contributed by atoms with Gasteiger partial charge in [-0.1, -0.05) is 42.5 Å². The molecule has 2 aromatic carbocycles. The molecule has 0 radical (unpaired) electrons. The summed E-state index contributed by atoms with van der Waals surface area (Å²) in [7, 11) is 0. The van der Waals surface area contributed by atoms with Crippen LogP contribution in [0, 0.1) is 0 Å². The molecular weight excluding hydrogens is 378 g/mol. The number of rotatable bonds is 5. The van der Waals surface area contributed by atoms with Crippen LogP contribution in [0.15, 0.2) is 65.7 Å². The van der Waals surface area contributed by atoms with Gasteiger partial charge in [0.15, 0.2) is 5.13 Å². The van der Waals surface area contributed by atoms with E-state index in [2.05, 4.69) is 27.8 Å². The summed E-state index contributed by atoms with van der Waals surface area (Å²) in [5.74, 6) is -0.347. The van der Waals surface area contributed by atoms with Crippen molar-refractivity contribution in [2.45, 2.75) is 23.0 Å². The summed E-state index contributed by atoms with van der Waals surface area (Å²) in [4.78, 5) is 30.9. The van der Waals surface area contributed by atoms with Gasteiger partial charge in [0.2, 0.25) is 11.8 Å². The van der Waals surface area contributed by atoms with E-state index in [1.807, 2.05) is 42.5 Å². The number of fused-ring (bicyclic) bond motifs is 1. The van der Waals surface area contributed by atoms with Gasteiger partial charge in [0, 0.05) is 28.8 Å². The fourth-order valence-corrected chi connectivity index (χ4v) is 4.78. The summed E-state index contributed by atoms with van der Waals surface area (Å²) in [6.45, 7) is 0. The molecule has 1 aliphatic heterocycles. The number of nitrogens with one attached hydrogen (secondary N) is 2. The molecule has 0 saturated carbocycles. The molecule has 3 aromatic rings. The normalized spacial score (nSPS) is 15.7. The van der Waals surface area contributed by atoms with Crippen molar-refractivity contribution in [1.29, 1.82) is 0 Å². The van der Waals surface area contributed by atoms with Gasteiger partial charge >= 0.3 is 0 Å². The van der Waals surface area contributed by atoms with Crippen molar-refractivity contribution in [3.63, 3.8) is 0 Å². The van der Waals surface area contributed by atoms with Crippen molar-refractivity contribution in [2.75, 3.05) is 10.6 Å². The monoisotopic (exact) mass is 395 g/mol. The minimum Gasteiger partial charge on any atom is -0.324 e. The number of thioether (sulfide) groups is 1. The number of hydrogen-bond donors (Lipinski definition) is 2. The van der Waals surface area contributed by atoms with Gasteiger partial charge in [0.1, 0.15) is 0 Å². The van der Waals surface area contributed by atoms with Gasteiger partial charge in [0.25, 0.3) is 0 Å². The lowest BCUT2D eigenvalue weighted by atomic mass is 10.1. The Hall–Kier alpha value is -2.64. The molecule has 2 N–H and O–H groups in total. The predicted molar refractivity (Wildman–Crippen MR) is 109 cm³/mol. The predicted octanol–water partition coefficient (Wildman–Crippen LogP) is 4.18. The molecule has 0 saturated heterocycles. The molecular formula is C20H17N3O2S2. The molecule has 0 bridgehead atoms. The van der Waals surface area contributed by atoms with E-state index < -0.39 is 5.25 Å². The van der Waals surface area contributed by atoms with Crippen LogP contribution in [0.4, 0.5) is 10.8 Å². The van der Waals surface area contributed by atoms with Crippen molar-refractivity contribution in [1.82, 2.24) is 4.98 Å². The summed E-state index contributed by atoms with van der Waals surface area (Å²) < 4.78 is 0. The Morgan fingerprint density at radius 3 is 2.74 bits per heavy atom. The van der Waals surface area contributed by atoms with Gasteiger partial charge in [-0.05, 0) is 17.7 Å². The first-order valence-electron chi connectivity index (χ1n) is 8.52. The molecule has 7 heteroatoms. The first-order chi connectivity index (χ1) is 13.2. The van der Waals surface area contributed by atoms with Crippen LogP contribution in [-0.2, 0) is 16.0 Å². The lowest BCUT2D eigenvalue weighted by Crippen LogP contribution is -2.32. The van der Waals surface area contributed by atoms with Gasteiger partial charge in [-0.3, -0.25) is 9.59 Å². The van der Waals surface area contributed by atoms with Gasteiger partial charge in [-0.25, -0.2) is 4.98 Å². The number of thiazole rings is 1. The largest absolute Gasteiger partial charge is 0.324 e. The lowest BCUT2D eigenvalue weighted by Gasteiger charge is -2.23. The number of carbonyl (C=O) groups is 2. The van der Waals surface area contributed by atoms with E-state index >= 15 is 0 Å². The average Bonchev–Trinajstić information content (AvgIpc) is 3.10. The first kappa shape index (κ1) is 17.8. The number of nitrogens with zero attached hydrogens (tertiary/aromatic N) is 1. The molecule has 0 aliphatic carbocycles. The molecule has 1 atom stereocenters. The number of carbonyl (C=O) groups excluding carboxylic acids is 2. The van der Waals surface area contributed by atoms with E-state index in [9.17, 15) is 9.59 Å². The molecule has 0 unspecified atom stereocenters. The minimum absolute atomic E-state index is 0.110. The lowest BCUT2D eigenvalue weighted by molar-refractivity contribution is -0.120. The summed E-state index contributed by atoms with van der Waals surface area (Å²) in [6, 6.07) is 17.7. The molecule has 27 heavy (non-hydrogen) atoms. The van der Waals surface area contributed by atoms with E-state index in [1.165, 1.54) is 28.7 Å². The maximum absolute atomic E-state index is 12.4. The van der Waals surface area contributed by atoms with E-state index in [1.54, 1.807) is 6.20 Å². The van der Waals surface area contributed by atoms with E-state index in [0.29, 0.717) is 5.13 Å². The van der Waals surface area contributed by atoms with E-state index in [0.717, 1.165) is 21.9 Å². The Bertz CT molecular complexity index is 972. The molecule has 1 aromatic heterocycles. The highest BCUT2D eigenvalue weighted by Gasteiger charge is 2.29. The highest BCUT2D eigenvalue weighted by atomic mass is 32.2. The Labute approximate surface area is 165 Å². The van der Waals surface area contributed by atoms with Crippen molar-refractivity contribution < 1.29 is 9.59 Å². The van der Waals surface area contributed by atoms with Crippen molar-refractivity contribution >= 4 is 45.7 Å². The van der Waals surface area contributed by atoms with Crippen molar-refractivity contribution in [3.05, 3.63) is 71.2 Å². The van der Waals surface area contributed by atoms with Crippen LogP contribution in [0.25, 0.3) is 0 Å². The van der Waals surface area contributed by atoms with Crippen molar-refractivity contribution in [2.24, 2.45) is 0 Å². The Kier molecular flexibility index (Phi) is 5.22. The van der Waals surface area contributed by atoms with E-state index in [4.69, 9.17) is 0 Å². The van der Waals surface area contributed by atoms with Crippen LogP contribution in [0.2, 0.25) is 0 Å². The van der Waals surface area contributed by atoms with Crippen LogP contribution in [0.5, 0.6) is 0 Å². The summed E-state index contributed by atoms with van der Waals surface area (Å²) in [5.41, 5.74) is 2.00. The van der Waals surface area contributed by atoms with Gasteiger partial charge in [0.05, 0.1) is 10.9 Å². The molecule has 4 rings (SSSR count). The van der Waals surface area contributed by atoms with E-state index in [-0.39, 0.29) is 18.2 Å². The summed E-state index contributed by atoms with van der Waals surface area (Å²) in [5, 5.41) is 5.79. The molecule has 5 nitrogen and oxygen atoms in total. The first-order valence-corrected chi connectivity index (χ1v) is 10.2. The second-order valence-corrected chi connectivity index (χ2v) is 8.50. The second-order valence-electron chi connectivity index (χ2n) is 6.14. The third-order valence-corrected chi connectivity index (χ3v) is 6.29. The highest BCUT2D eigenvalue weighted by Crippen LogP contribution is 2.36. The van der Waals surface area contributed by atoms with Crippen molar-refractivity contribution in [3.8, 4) is 0 Å². The van der Waals surface area contributed by atoms with Gasteiger partial charge in [-0.2, -0.15) is 0 Å². The SMILES string of the molecule is O=C(C[C@@H]1Sc2ccccc2NC1=O)Nc1ncc(Cc2ccccc2)s1. The molecule has 136 valence electrons. The summed E-state index contributed by atoms with van der Waals surface area (Å²) in [6.07, 6.45) is 2.68. The van der Waals surface area contributed by atoms with Crippen LogP contribution >= 0.6 is 23.1 Å². The fourth-order valence-electron chi connectivity index (χ4n) is 2.81. The standard InChI is InChI=1S/C20H17N3O2S2/c24-18(11-17-19(25)22-15-8-4-5-9-16(15)27-17)23-20-21-12-14(26-20)10-13-6-2-1-3-7-13/h1-9,12,17H,10-11H2,(H,22,25)(H,21,23,24)/t17-/m0/s1. The quantitative estimate of drug-likeness (QED) is 0.680. The molecule has 0 fully saturated rings. The molecule has 1 aliphatic rings. The number of amides is 2. The Morgan fingerprint density at radius 1 is 1.11 bits per heavy atom. The molecule has 2 amide bonds. The second kappa shape index (κ2) is 7.94. The number of aromatic nitrogens is 1. The van der Waals surface area contributed by atoms with Crippen LogP contribution in [0.1, 0.15) is 16.9 Å². The van der Waals surface area contributed by atoms with Crippen LogP contribution in [-0.4, -0.2) is 22.0 Å².